The van der Waals surface area contributed by atoms with E-state index in [-0.39, 0.29) is 0 Å². The van der Waals surface area contributed by atoms with Crippen LogP contribution in [0.15, 0.2) is 24.3 Å². The van der Waals surface area contributed by atoms with Gasteiger partial charge in [0, 0.05) is 6.04 Å². The molecule has 0 spiro atoms. The molecular weight excluding hydrogens is 170 g/mol. The van der Waals surface area contributed by atoms with Crippen LogP contribution in [0.5, 0.6) is 0 Å². The Balaban J connectivity index is 1.89. The van der Waals surface area contributed by atoms with Gasteiger partial charge in [0.25, 0.3) is 0 Å². The molecule has 1 heterocycles. The van der Waals surface area contributed by atoms with E-state index >= 15 is 0 Å². The molecule has 3 rings (SSSR count). The molecule has 1 fully saturated rings. The maximum Gasteiger partial charge on any atom is 0.0136 e. The molecular formula is C13H17N. The molecule has 0 amide bonds. The van der Waals surface area contributed by atoms with E-state index in [2.05, 4.69) is 29.6 Å². The lowest BCUT2D eigenvalue weighted by molar-refractivity contribution is 0.486. The number of fused-ring (bicyclic) bond motifs is 1. The molecule has 2 aliphatic rings. The van der Waals surface area contributed by atoms with Crippen LogP contribution < -0.4 is 5.32 Å². The lowest BCUT2D eigenvalue weighted by Crippen LogP contribution is -2.27. The number of rotatable bonds is 1. The Kier molecular flexibility index (Phi) is 2.06. The van der Waals surface area contributed by atoms with Crippen molar-refractivity contribution in [3.8, 4) is 0 Å². The highest BCUT2D eigenvalue weighted by atomic mass is 14.9. The van der Waals surface area contributed by atoms with Crippen LogP contribution >= 0.6 is 0 Å². The first kappa shape index (κ1) is 8.49. The number of hydrogen-bond acceptors (Lipinski definition) is 1. The highest BCUT2D eigenvalue weighted by molar-refractivity contribution is 5.36. The normalized spacial score (nSPS) is 30.6. The van der Waals surface area contributed by atoms with Gasteiger partial charge >= 0.3 is 0 Å². The second-order valence-electron chi connectivity index (χ2n) is 4.55. The maximum atomic E-state index is 3.64. The van der Waals surface area contributed by atoms with Crippen LogP contribution in [0.2, 0.25) is 0 Å². The monoisotopic (exact) mass is 187 g/mol. The molecule has 74 valence electrons. The molecule has 0 unspecified atom stereocenters. The summed E-state index contributed by atoms with van der Waals surface area (Å²) in [5.74, 6) is 0.800. The van der Waals surface area contributed by atoms with Crippen LogP contribution in [0, 0.1) is 0 Å². The third-order valence-corrected chi connectivity index (χ3v) is 3.76. The van der Waals surface area contributed by atoms with Crippen molar-refractivity contribution in [2.45, 2.75) is 37.6 Å². The molecule has 1 nitrogen and oxygen atoms in total. The van der Waals surface area contributed by atoms with Crippen molar-refractivity contribution in [1.82, 2.24) is 5.32 Å². The molecule has 2 atom stereocenters. The average Bonchev–Trinajstić information content (AvgIpc) is 2.85. The van der Waals surface area contributed by atoms with E-state index < -0.39 is 0 Å². The smallest absolute Gasteiger partial charge is 0.0136 e. The van der Waals surface area contributed by atoms with E-state index in [0.29, 0.717) is 0 Å². The highest BCUT2D eigenvalue weighted by Gasteiger charge is 2.30. The van der Waals surface area contributed by atoms with Gasteiger partial charge in [-0.05, 0) is 49.3 Å². The molecule has 1 aromatic rings. The van der Waals surface area contributed by atoms with Gasteiger partial charge in [-0.15, -0.1) is 0 Å². The van der Waals surface area contributed by atoms with E-state index in [4.69, 9.17) is 0 Å². The fourth-order valence-corrected chi connectivity index (χ4v) is 3.06. The summed E-state index contributed by atoms with van der Waals surface area (Å²) < 4.78 is 0. The summed E-state index contributed by atoms with van der Waals surface area (Å²) in [5, 5.41) is 3.64. The van der Waals surface area contributed by atoms with Gasteiger partial charge in [0.15, 0.2) is 0 Å². The number of nitrogens with one attached hydrogen (secondary N) is 1. The topological polar surface area (TPSA) is 12.0 Å². The molecule has 0 aromatic heterocycles. The van der Waals surface area contributed by atoms with Gasteiger partial charge in [0.05, 0.1) is 0 Å². The van der Waals surface area contributed by atoms with Crippen molar-refractivity contribution >= 4 is 0 Å². The van der Waals surface area contributed by atoms with Crippen LogP contribution in [0.25, 0.3) is 0 Å². The van der Waals surface area contributed by atoms with Crippen LogP contribution in [-0.2, 0) is 6.42 Å². The zero-order valence-electron chi connectivity index (χ0n) is 8.50. The highest BCUT2D eigenvalue weighted by Crippen LogP contribution is 2.37. The van der Waals surface area contributed by atoms with Crippen LogP contribution in [-0.4, -0.2) is 12.6 Å². The standard InChI is InChI=1S/C13H17N/c1-2-5-11-10(4-1)7-8-12(11)13-6-3-9-14-13/h1-2,4-5,12-14H,3,6-9H2/t12-,13-/m0/s1. The largest absolute Gasteiger partial charge is 0.313 e. The van der Waals surface area contributed by atoms with E-state index in [9.17, 15) is 0 Å². The zero-order valence-corrected chi connectivity index (χ0v) is 8.50. The van der Waals surface area contributed by atoms with Gasteiger partial charge in [-0.2, -0.15) is 0 Å². The zero-order chi connectivity index (χ0) is 9.38. The third-order valence-electron chi connectivity index (χ3n) is 3.76. The molecule has 1 N–H and O–H groups in total. The van der Waals surface area contributed by atoms with Gasteiger partial charge in [-0.1, -0.05) is 24.3 Å². The second kappa shape index (κ2) is 3.39. The Bertz CT molecular complexity index is 326. The van der Waals surface area contributed by atoms with Crippen LogP contribution in [0.3, 0.4) is 0 Å². The van der Waals surface area contributed by atoms with Crippen molar-refractivity contribution in [1.29, 1.82) is 0 Å². The Labute approximate surface area is 85.5 Å². The van der Waals surface area contributed by atoms with E-state index in [1.807, 2.05) is 0 Å². The Morgan fingerprint density at radius 2 is 2.07 bits per heavy atom. The van der Waals surface area contributed by atoms with Crippen molar-refractivity contribution in [2.75, 3.05) is 6.54 Å². The fraction of sp³-hybridized carbons (Fsp3) is 0.538. The molecule has 1 aromatic carbocycles. The molecule has 0 radical (unpaired) electrons. The van der Waals surface area contributed by atoms with Crippen LogP contribution in [0.4, 0.5) is 0 Å². The Morgan fingerprint density at radius 1 is 1.14 bits per heavy atom. The van der Waals surface area contributed by atoms with E-state index in [1.165, 1.54) is 32.2 Å². The van der Waals surface area contributed by atoms with Crippen molar-refractivity contribution < 1.29 is 0 Å². The summed E-state index contributed by atoms with van der Waals surface area (Å²) in [6.07, 6.45) is 5.39. The second-order valence-corrected chi connectivity index (χ2v) is 4.55. The van der Waals surface area contributed by atoms with Gasteiger partial charge in [0.2, 0.25) is 0 Å². The quantitative estimate of drug-likeness (QED) is 0.712. The van der Waals surface area contributed by atoms with Crippen molar-refractivity contribution in [3.05, 3.63) is 35.4 Å². The maximum absolute atomic E-state index is 3.64. The number of hydrogen-bond donors (Lipinski definition) is 1. The predicted molar refractivity (Wildman–Crippen MR) is 58.5 cm³/mol. The van der Waals surface area contributed by atoms with Gasteiger partial charge in [-0.25, -0.2) is 0 Å². The van der Waals surface area contributed by atoms with Gasteiger partial charge in [0.1, 0.15) is 0 Å². The molecule has 0 saturated carbocycles. The molecule has 1 aliphatic carbocycles. The number of aryl methyl sites for hydroxylation is 1. The molecule has 0 bridgehead atoms. The predicted octanol–water partition coefficient (Wildman–Crippen LogP) is 2.47. The van der Waals surface area contributed by atoms with Crippen molar-refractivity contribution in [3.63, 3.8) is 0 Å². The van der Waals surface area contributed by atoms with E-state index in [0.717, 1.165) is 12.0 Å². The molecule has 14 heavy (non-hydrogen) atoms. The summed E-state index contributed by atoms with van der Waals surface area (Å²) in [6.45, 7) is 1.23. The van der Waals surface area contributed by atoms with Gasteiger partial charge in [-0.3, -0.25) is 0 Å². The summed E-state index contributed by atoms with van der Waals surface area (Å²) in [6, 6.07) is 9.74. The molecule has 1 saturated heterocycles. The minimum Gasteiger partial charge on any atom is -0.313 e. The summed E-state index contributed by atoms with van der Waals surface area (Å²) >= 11 is 0. The summed E-state index contributed by atoms with van der Waals surface area (Å²) in [5.41, 5.74) is 3.21. The Morgan fingerprint density at radius 3 is 2.93 bits per heavy atom. The number of benzene rings is 1. The lowest BCUT2D eigenvalue weighted by Gasteiger charge is -2.19. The summed E-state index contributed by atoms with van der Waals surface area (Å²) in [4.78, 5) is 0. The molecule has 1 heteroatoms. The first-order chi connectivity index (χ1) is 6.95. The lowest BCUT2D eigenvalue weighted by atomic mass is 9.92. The first-order valence-electron chi connectivity index (χ1n) is 5.76. The summed E-state index contributed by atoms with van der Waals surface area (Å²) in [7, 11) is 0. The Hall–Kier alpha value is -0.820. The minimum absolute atomic E-state index is 0.763. The average molecular weight is 187 g/mol. The fourth-order valence-electron chi connectivity index (χ4n) is 3.06. The third kappa shape index (κ3) is 1.27. The van der Waals surface area contributed by atoms with Crippen LogP contribution in [0.1, 0.15) is 36.3 Å². The molecule has 1 aliphatic heterocycles. The van der Waals surface area contributed by atoms with Gasteiger partial charge < -0.3 is 5.32 Å². The minimum atomic E-state index is 0.763. The first-order valence-corrected chi connectivity index (χ1v) is 5.76. The van der Waals surface area contributed by atoms with Crippen molar-refractivity contribution in [2.24, 2.45) is 0 Å². The SMILES string of the molecule is c1ccc2c(c1)CC[C@@H]2[C@@H]1CCCN1. The van der Waals surface area contributed by atoms with E-state index in [1.54, 1.807) is 11.1 Å².